The van der Waals surface area contributed by atoms with E-state index in [9.17, 15) is 13.2 Å². The second kappa shape index (κ2) is 6.92. The normalized spacial score (nSPS) is 23.3. The van der Waals surface area contributed by atoms with Gasteiger partial charge in [-0.15, -0.1) is 0 Å². The smallest absolute Gasteiger partial charge is 0.240 e. The van der Waals surface area contributed by atoms with Crippen molar-refractivity contribution in [3.8, 4) is 0 Å². The van der Waals surface area contributed by atoms with Crippen molar-refractivity contribution in [3.63, 3.8) is 0 Å². The van der Waals surface area contributed by atoms with Crippen LogP contribution < -0.4 is 9.62 Å². The summed E-state index contributed by atoms with van der Waals surface area (Å²) in [7, 11) is -3.59. The van der Waals surface area contributed by atoms with Crippen LogP contribution in [0.4, 0.5) is 5.69 Å². The number of amides is 1. The summed E-state index contributed by atoms with van der Waals surface area (Å²) in [5, 5.41) is 0. The molecule has 1 aromatic rings. The summed E-state index contributed by atoms with van der Waals surface area (Å²) in [6, 6.07) is 3.43. The molecule has 142 valence electrons. The van der Waals surface area contributed by atoms with E-state index in [2.05, 4.69) is 9.62 Å². The highest BCUT2D eigenvalue weighted by atomic mass is 32.2. The molecule has 0 aromatic heterocycles. The first-order valence-corrected chi connectivity index (χ1v) is 10.7. The number of rotatable bonds is 5. The first-order valence-electron chi connectivity index (χ1n) is 9.25. The highest BCUT2D eigenvalue weighted by molar-refractivity contribution is 7.89. The second-order valence-corrected chi connectivity index (χ2v) is 8.95. The Balaban J connectivity index is 1.53. The lowest BCUT2D eigenvalue weighted by Crippen LogP contribution is -2.41. The largest absolute Gasteiger partial charge is 0.379 e. The Hall–Kier alpha value is -1.48. The van der Waals surface area contributed by atoms with Crippen LogP contribution in [-0.2, 0) is 26.0 Å². The molecular weight excluding hydrogens is 354 g/mol. The Bertz CT molecular complexity index is 818. The molecule has 7 nitrogen and oxygen atoms in total. The van der Waals surface area contributed by atoms with E-state index in [-0.39, 0.29) is 16.7 Å². The molecule has 0 radical (unpaired) electrons. The zero-order valence-corrected chi connectivity index (χ0v) is 15.8. The number of morpholine rings is 1. The van der Waals surface area contributed by atoms with Gasteiger partial charge in [-0.2, -0.15) is 0 Å². The molecule has 0 saturated carbocycles. The molecule has 8 heteroatoms. The Labute approximate surface area is 154 Å². The molecule has 4 rings (SSSR count). The Morgan fingerprint density at radius 3 is 2.77 bits per heavy atom. The van der Waals surface area contributed by atoms with Crippen LogP contribution in [0.3, 0.4) is 0 Å². The molecule has 0 unspecified atom stereocenters. The van der Waals surface area contributed by atoms with Crippen LogP contribution in [-0.4, -0.2) is 65.2 Å². The SMILES string of the molecule is C[C@@H]1C(=O)N2CCCc3cc(S(=O)(=O)NCCN4CCOCC4)cc1c32. The summed E-state index contributed by atoms with van der Waals surface area (Å²) in [5.74, 6) is -0.193. The number of sulfonamides is 1. The molecule has 3 heterocycles. The van der Waals surface area contributed by atoms with Crippen molar-refractivity contribution in [2.75, 3.05) is 50.8 Å². The minimum atomic E-state index is -3.59. The third-order valence-corrected chi connectivity index (χ3v) is 6.97. The van der Waals surface area contributed by atoms with Gasteiger partial charge in [-0.25, -0.2) is 13.1 Å². The van der Waals surface area contributed by atoms with Gasteiger partial charge in [0.1, 0.15) is 0 Å². The maximum atomic E-state index is 12.8. The highest BCUT2D eigenvalue weighted by Crippen LogP contribution is 2.43. The predicted molar refractivity (Wildman–Crippen MR) is 98.0 cm³/mol. The average Bonchev–Trinajstić information content (AvgIpc) is 2.89. The topological polar surface area (TPSA) is 79.0 Å². The van der Waals surface area contributed by atoms with Gasteiger partial charge in [-0.05, 0) is 43.0 Å². The first-order chi connectivity index (χ1) is 12.5. The van der Waals surface area contributed by atoms with E-state index >= 15 is 0 Å². The van der Waals surface area contributed by atoms with Gasteiger partial charge in [0.05, 0.1) is 29.7 Å². The number of hydrogen-bond donors (Lipinski definition) is 1. The third kappa shape index (κ3) is 3.15. The Morgan fingerprint density at radius 2 is 2.00 bits per heavy atom. The van der Waals surface area contributed by atoms with Crippen LogP contribution in [0.1, 0.15) is 30.4 Å². The fourth-order valence-corrected chi connectivity index (χ4v) is 5.17. The zero-order chi connectivity index (χ0) is 18.3. The monoisotopic (exact) mass is 379 g/mol. The van der Waals surface area contributed by atoms with Crippen molar-refractivity contribution in [1.82, 2.24) is 9.62 Å². The fraction of sp³-hybridized carbons (Fsp3) is 0.611. The summed E-state index contributed by atoms with van der Waals surface area (Å²) in [4.78, 5) is 16.7. The standard InChI is InChI=1S/C18H25N3O4S/c1-13-16-12-15(11-14-3-2-5-21(17(14)16)18(13)22)26(23,24)19-4-6-20-7-9-25-10-8-20/h11-13,19H,2-10H2,1H3/t13-/m0/s1. The number of nitrogens with zero attached hydrogens (tertiary/aromatic N) is 2. The van der Waals surface area contributed by atoms with Crippen molar-refractivity contribution in [2.45, 2.75) is 30.6 Å². The van der Waals surface area contributed by atoms with Crippen molar-refractivity contribution >= 4 is 21.6 Å². The van der Waals surface area contributed by atoms with Gasteiger partial charge in [0.15, 0.2) is 0 Å². The number of benzene rings is 1. The lowest BCUT2D eigenvalue weighted by Gasteiger charge is -2.27. The van der Waals surface area contributed by atoms with E-state index in [0.717, 1.165) is 49.3 Å². The maximum absolute atomic E-state index is 12.8. The molecule has 1 amide bonds. The van der Waals surface area contributed by atoms with Gasteiger partial charge >= 0.3 is 0 Å². The first kappa shape index (κ1) is 17.9. The van der Waals surface area contributed by atoms with E-state index in [0.29, 0.717) is 26.3 Å². The van der Waals surface area contributed by atoms with E-state index in [1.807, 2.05) is 11.8 Å². The van der Waals surface area contributed by atoms with Gasteiger partial charge in [0.25, 0.3) is 0 Å². The number of carbonyl (C=O) groups is 1. The number of anilines is 1. The summed E-state index contributed by atoms with van der Waals surface area (Å²) >= 11 is 0. The molecule has 1 fully saturated rings. The van der Waals surface area contributed by atoms with Crippen LogP contribution >= 0.6 is 0 Å². The molecule has 3 aliphatic rings. The quantitative estimate of drug-likeness (QED) is 0.815. The maximum Gasteiger partial charge on any atom is 0.240 e. The predicted octanol–water partition coefficient (Wildman–Crippen LogP) is 0.693. The number of carbonyl (C=O) groups excluding carboxylic acids is 1. The molecule has 1 N–H and O–H groups in total. The number of aryl methyl sites for hydroxylation is 1. The van der Waals surface area contributed by atoms with E-state index in [1.165, 1.54) is 0 Å². The summed E-state index contributed by atoms with van der Waals surface area (Å²) in [5.41, 5.74) is 2.77. The molecule has 3 aliphatic heterocycles. The summed E-state index contributed by atoms with van der Waals surface area (Å²) < 4.78 is 33.6. The van der Waals surface area contributed by atoms with Crippen molar-refractivity contribution in [1.29, 1.82) is 0 Å². The summed E-state index contributed by atoms with van der Waals surface area (Å²) in [6.07, 6.45) is 1.69. The van der Waals surface area contributed by atoms with Gasteiger partial charge in [-0.1, -0.05) is 0 Å². The molecule has 0 aliphatic carbocycles. The van der Waals surface area contributed by atoms with E-state index in [1.54, 1.807) is 12.1 Å². The molecule has 1 aromatic carbocycles. The Morgan fingerprint density at radius 1 is 1.23 bits per heavy atom. The molecular formula is C18H25N3O4S. The van der Waals surface area contributed by atoms with Crippen LogP contribution in [0.15, 0.2) is 17.0 Å². The van der Waals surface area contributed by atoms with Gasteiger partial charge in [0.2, 0.25) is 15.9 Å². The number of nitrogens with one attached hydrogen (secondary N) is 1. The van der Waals surface area contributed by atoms with Crippen LogP contribution in [0.2, 0.25) is 0 Å². The molecule has 0 spiro atoms. The molecule has 0 bridgehead atoms. The molecule has 26 heavy (non-hydrogen) atoms. The lowest BCUT2D eigenvalue weighted by atomic mass is 9.97. The highest BCUT2D eigenvalue weighted by Gasteiger charge is 2.38. The van der Waals surface area contributed by atoms with E-state index in [4.69, 9.17) is 4.74 Å². The molecule has 1 saturated heterocycles. The third-order valence-electron chi connectivity index (χ3n) is 5.53. The minimum Gasteiger partial charge on any atom is -0.379 e. The van der Waals surface area contributed by atoms with Gasteiger partial charge < -0.3 is 9.64 Å². The second-order valence-electron chi connectivity index (χ2n) is 7.19. The number of ether oxygens (including phenoxy) is 1. The van der Waals surface area contributed by atoms with Crippen molar-refractivity contribution in [3.05, 3.63) is 23.3 Å². The van der Waals surface area contributed by atoms with E-state index < -0.39 is 10.0 Å². The zero-order valence-electron chi connectivity index (χ0n) is 15.0. The van der Waals surface area contributed by atoms with Crippen LogP contribution in [0, 0.1) is 0 Å². The Kier molecular flexibility index (Phi) is 4.77. The fourth-order valence-electron chi connectivity index (χ4n) is 4.07. The van der Waals surface area contributed by atoms with Crippen molar-refractivity contribution < 1.29 is 17.9 Å². The minimum absolute atomic E-state index is 0.0794. The average molecular weight is 379 g/mol. The van der Waals surface area contributed by atoms with Crippen LogP contribution in [0.5, 0.6) is 0 Å². The summed E-state index contributed by atoms with van der Waals surface area (Å²) in [6.45, 7) is 6.69. The van der Waals surface area contributed by atoms with Crippen LogP contribution in [0.25, 0.3) is 0 Å². The lowest BCUT2D eigenvalue weighted by molar-refractivity contribution is -0.119. The van der Waals surface area contributed by atoms with Gasteiger partial charge in [0, 0.05) is 32.7 Å². The molecule has 1 atom stereocenters. The van der Waals surface area contributed by atoms with Gasteiger partial charge in [-0.3, -0.25) is 9.69 Å². The van der Waals surface area contributed by atoms with Crippen molar-refractivity contribution in [2.24, 2.45) is 0 Å². The number of hydrogen-bond acceptors (Lipinski definition) is 5.